The molecule has 1 aromatic carbocycles. The van der Waals surface area contributed by atoms with E-state index < -0.39 is 23.4 Å². The van der Waals surface area contributed by atoms with Gasteiger partial charge in [-0.1, -0.05) is 6.07 Å². The van der Waals surface area contributed by atoms with Gasteiger partial charge in [-0.2, -0.15) is 5.10 Å². The number of carbonyl (C=O) groups is 1. The Morgan fingerprint density at radius 2 is 1.62 bits per heavy atom. The summed E-state index contributed by atoms with van der Waals surface area (Å²) in [5.41, 5.74) is 0.454. The maximum absolute atomic E-state index is 13.7. The Bertz CT molecular complexity index is 993. The molecule has 0 aliphatic carbocycles. The van der Waals surface area contributed by atoms with E-state index in [4.69, 9.17) is 0 Å². The average molecular weight is 399 g/mol. The number of hydrogen-bond donors (Lipinski definition) is 1. The van der Waals surface area contributed by atoms with Gasteiger partial charge >= 0.3 is 6.03 Å². The quantitative estimate of drug-likeness (QED) is 0.733. The van der Waals surface area contributed by atoms with E-state index in [9.17, 15) is 13.6 Å². The molecule has 2 aromatic heterocycles. The number of nitrogens with one attached hydrogen (secondary N) is 1. The van der Waals surface area contributed by atoms with Crippen LogP contribution in [0.5, 0.6) is 0 Å². The highest BCUT2D eigenvalue weighted by atomic mass is 19.1. The molecule has 0 bridgehead atoms. The molecular weight excluding hydrogens is 380 g/mol. The number of amides is 2. The number of halogens is 2. The number of nitrogens with zero attached hydrogens (tertiary/aromatic N) is 6. The van der Waals surface area contributed by atoms with Gasteiger partial charge in [0.05, 0.1) is 5.69 Å². The van der Waals surface area contributed by atoms with Crippen LogP contribution in [-0.4, -0.2) is 57.1 Å². The predicted molar refractivity (Wildman–Crippen MR) is 103 cm³/mol. The summed E-state index contributed by atoms with van der Waals surface area (Å²) in [5.74, 6) is -0.302. The highest BCUT2D eigenvalue weighted by Gasteiger charge is 2.23. The molecular formula is C19H19F2N7O. The van der Waals surface area contributed by atoms with E-state index in [1.165, 1.54) is 11.0 Å². The second kappa shape index (κ2) is 7.82. The third-order valence-electron chi connectivity index (χ3n) is 4.68. The minimum absolute atomic E-state index is 0.393. The summed E-state index contributed by atoms with van der Waals surface area (Å²) in [6, 6.07) is 8.47. The number of aromatic nitrogens is 4. The van der Waals surface area contributed by atoms with E-state index >= 15 is 0 Å². The first-order valence-electron chi connectivity index (χ1n) is 9.12. The van der Waals surface area contributed by atoms with Gasteiger partial charge in [0, 0.05) is 32.4 Å². The molecule has 3 heterocycles. The van der Waals surface area contributed by atoms with Crippen molar-refractivity contribution in [2.24, 2.45) is 0 Å². The number of piperazine rings is 1. The Hall–Kier alpha value is -3.56. The predicted octanol–water partition coefficient (Wildman–Crippen LogP) is 2.60. The fraction of sp³-hybridized carbons (Fsp3) is 0.263. The largest absolute Gasteiger partial charge is 0.352 e. The average Bonchev–Trinajstić information content (AvgIpc) is 3.17. The first kappa shape index (κ1) is 18.8. The Balaban J connectivity index is 1.36. The maximum Gasteiger partial charge on any atom is 0.322 e. The zero-order valence-corrected chi connectivity index (χ0v) is 15.7. The molecule has 3 aromatic rings. The Morgan fingerprint density at radius 1 is 0.966 bits per heavy atom. The Morgan fingerprint density at radius 3 is 2.21 bits per heavy atom. The Kier molecular flexibility index (Phi) is 5.07. The van der Waals surface area contributed by atoms with E-state index in [-0.39, 0.29) is 0 Å². The molecule has 10 heteroatoms. The topological polar surface area (TPSA) is 79.2 Å². The molecule has 0 saturated carbocycles. The molecule has 0 atom stereocenters. The van der Waals surface area contributed by atoms with Crippen LogP contribution in [0.1, 0.15) is 5.69 Å². The summed E-state index contributed by atoms with van der Waals surface area (Å²) in [6.07, 6.45) is 1.81. The van der Waals surface area contributed by atoms with E-state index in [1.807, 2.05) is 36.2 Å². The van der Waals surface area contributed by atoms with Crippen molar-refractivity contribution in [2.75, 3.05) is 36.4 Å². The van der Waals surface area contributed by atoms with Crippen molar-refractivity contribution in [1.82, 2.24) is 24.9 Å². The number of rotatable bonds is 3. The second-order valence-corrected chi connectivity index (χ2v) is 6.65. The number of urea groups is 1. The fourth-order valence-electron chi connectivity index (χ4n) is 3.09. The van der Waals surface area contributed by atoms with Crippen LogP contribution in [0.15, 0.2) is 42.6 Å². The van der Waals surface area contributed by atoms with Gasteiger partial charge < -0.3 is 15.1 Å². The number of hydrogen-bond acceptors (Lipinski definition) is 5. The summed E-state index contributed by atoms with van der Waals surface area (Å²) in [5, 5.41) is 15.1. The summed E-state index contributed by atoms with van der Waals surface area (Å²) in [7, 11) is 0. The van der Waals surface area contributed by atoms with Crippen LogP contribution in [0.4, 0.5) is 25.1 Å². The van der Waals surface area contributed by atoms with Crippen LogP contribution < -0.4 is 10.2 Å². The lowest BCUT2D eigenvalue weighted by molar-refractivity contribution is 0.207. The second-order valence-electron chi connectivity index (χ2n) is 6.65. The van der Waals surface area contributed by atoms with Crippen molar-refractivity contribution in [2.45, 2.75) is 6.92 Å². The normalized spacial score (nSPS) is 14.2. The number of aryl methyl sites for hydroxylation is 1. The van der Waals surface area contributed by atoms with Crippen LogP contribution >= 0.6 is 0 Å². The van der Waals surface area contributed by atoms with Gasteiger partial charge in [0.2, 0.25) is 0 Å². The molecule has 8 nitrogen and oxygen atoms in total. The van der Waals surface area contributed by atoms with Gasteiger partial charge in [-0.3, -0.25) is 0 Å². The lowest BCUT2D eigenvalue weighted by atomic mass is 10.3. The molecule has 150 valence electrons. The van der Waals surface area contributed by atoms with E-state index in [0.717, 1.165) is 17.8 Å². The molecule has 0 unspecified atom stereocenters. The first-order chi connectivity index (χ1) is 14.0. The lowest BCUT2D eigenvalue weighted by Gasteiger charge is -2.35. The molecule has 1 fully saturated rings. The number of carbonyl (C=O) groups excluding carboxylic acids is 1. The maximum atomic E-state index is 13.7. The lowest BCUT2D eigenvalue weighted by Crippen LogP contribution is -2.50. The summed E-state index contributed by atoms with van der Waals surface area (Å²) in [6.45, 7) is 3.74. The van der Waals surface area contributed by atoms with Crippen molar-refractivity contribution < 1.29 is 13.6 Å². The van der Waals surface area contributed by atoms with Crippen molar-refractivity contribution in [3.05, 3.63) is 59.9 Å². The van der Waals surface area contributed by atoms with E-state index in [1.54, 1.807) is 4.68 Å². The van der Waals surface area contributed by atoms with Crippen LogP contribution in [0, 0.1) is 18.6 Å². The first-order valence-corrected chi connectivity index (χ1v) is 9.12. The van der Waals surface area contributed by atoms with Gasteiger partial charge in [0.25, 0.3) is 0 Å². The third kappa shape index (κ3) is 4.00. The Labute approximate surface area is 165 Å². The zero-order valence-electron chi connectivity index (χ0n) is 15.7. The monoisotopic (exact) mass is 399 g/mol. The van der Waals surface area contributed by atoms with Crippen LogP contribution in [0.3, 0.4) is 0 Å². The molecule has 1 aliphatic heterocycles. The van der Waals surface area contributed by atoms with E-state index in [0.29, 0.717) is 37.8 Å². The molecule has 4 rings (SSSR count). The van der Waals surface area contributed by atoms with Crippen LogP contribution in [0.25, 0.3) is 5.82 Å². The molecule has 2 amide bonds. The molecule has 1 aliphatic rings. The minimum Gasteiger partial charge on any atom is -0.352 e. The van der Waals surface area contributed by atoms with Crippen molar-refractivity contribution in [3.63, 3.8) is 0 Å². The fourth-order valence-corrected chi connectivity index (χ4v) is 3.09. The molecule has 0 radical (unpaired) electrons. The van der Waals surface area contributed by atoms with Crippen LogP contribution in [-0.2, 0) is 0 Å². The van der Waals surface area contributed by atoms with Crippen LogP contribution in [0.2, 0.25) is 0 Å². The molecule has 0 spiro atoms. The van der Waals surface area contributed by atoms with E-state index in [2.05, 4.69) is 20.6 Å². The van der Waals surface area contributed by atoms with Gasteiger partial charge in [-0.25, -0.2) is 18.3 Å². The minimum atomic E-state index is -0.806. The third-order valence-corrected chi connectivity index (χ3v) is 4.68. The van der Waals surface area contributed by atoms with Gasteiger partial charge in [0.1, 0.15) is 17.3 Å². The molecule has 29 heavy (non-hydrogen) atoms. The highest BCUT2D eigenvalue weighted by Crippen LogP contribution is 2.19. The molecule has 1 N–H and O–H groups in total. The zero-order chi connectivity index (χ0) is 20.4. The number of anilines is 2. The summed E-state index contributed by atoms with van der Waals surface area (Å²) < 4.78 is 29.1. The van der Waals surface area contributed by atoms with Crippen molar-refractivity contribution in [1.29, 1.82) is 0 Å². The SMILES string of the molecule is Cc1ccn(-c2ccc(N3CCN(C(=O)Nc4c(F)cccc4F)CC3)nn2)n1. The van der Waals surface area contributed by atoms with Gasteiger partial charge in [-0.05, 0) is 37.3 Å². The summed E-state index contributed by atoms with van der Waals surface area (Å²) >= 11 is 0. The van der Waals surface area contributed by atoms with Gasteiger partial charge in [0.15, 0.2) is 11.6 Å². The smallest absolute Gasteiger partial charge is 0.322 e. The number of para-hydroxylation sites is 1. The van der Waals surface area contributed by atoms with Crippen molar-refractivity contribution in [3.8, 4) is 5.82 Å². The summed E-state index contributed by atoms with van der Waals surface area (Å²) in [4.78, 5) is 15.9. The number of benzene rings is 1. The molecule has 1 saturated heterocycles. The standard InChI is InChI=1S/C19H19F2N7O/c1-13-7-8-28(25-13)17-6-5-16(23-24-17)26-9-11-27(12-10-26)19(29)22-18-14(20)3-2-4-15(18)21/h2-8H,9-12H2,1H3,(H,22,29). The van der Waals surface area contributed by atoms with Gasteiger partial charge in [-0.15, -0.1) is 10.2 Å². The van der Waals surface area contributed by atoms with Crippen molar-refractivity contribution >= 4 is 17.5 Å². The highest BCUT2D eigenvalue weighted by molar-refractivity contribution is 5.89.